The molecule has 0 aliphatic carbocycles. The van der Waals surface area contributed by atoms with E-state index in [1.54, 1.807) is 13.8 Å². The molecule has 1 rings (SSSR count). The van der Waals surface area contributed by atoms with Crippen LogP contribution in [-0.4, -0.2) is 40.9 Å². The number of rotatable bonds is 6. The van der Waals surface area contributed by atoms with Crippen molar-refractivity contribution >= 4 is 24.0 Å². The summed E-state index contributed by atoms with van der Waals surface area (Å²) >= 11 is 0. The summed E-state index contributed by atoms with van der Waals surface area (Å²) in [7, 11) is 0. The lowest BCUT2D eigenvalue weighted by Crippen LogP contribution is -2.55. The minimum absolute atomic E-state index is 0. The lowest BCUT2D eigenvalue weighted by atomic mass is 10.0. The van der Waals surface area contributed by atoms with Gasteiger partial charge in [-0.1, -0.05) is 18.2 Å². The fraction of sp³-hybridized carbons (Fsp3) is 0.533. The minimum atomic E-state index is -0.877. The van der Waals surface area contributed by atoms with E-state index in [1.807, 2.05) is 32.0 Å². The highest BCUT2D eigenvalue weighted by atomic mass is 35.5. The molecule has 0 aliphatic rings. The molecule has 0 heterocycles. The third-order valence-corrected chi connectivity index (χ3v) is 3.39. The van der Waals surface area contributed by atoms with Gasteiger partial charge in [-0.15, -0.1) is 12.4 Å². The van der Waals surface area contributed by atoms with Crippen molar-refractivity contribution in [2.24, 2.45) is 0 Å². The third-order valence-electron chi connectivity index (χ3n) is 3.39. The van der Waals surface area contributed by atoms with Crippen molar-refractivity contribution in [2.75, 3.05) is 18.5 Å². The predicted molar refractivity (Wildman–Crippen MR) is 87.0 cm³/mol. The number of aliphatic hydroxyl groups excluding tert-OH is 2. The highest BCUT2D eigenvalue weighted by Gasteiger charge is 2.27. The lowest BCUT2D eigenvalue weighted by Gasteiger charge is -2.30. The van der Waals surface area contributed by atoms with E-state index in [0.717, 1.165) is 16.8 Å². The molecule has 5 nitrogen and oxygen atoms in total. The SMILES string of the molecule is Cc1cccc(C)c1NC(=O)C(C)NC(C)(CO)CO.Cl. The van der Waals surface area contributed by atoms with Crippen LogP contribution >= 0.6 is 12.4 Å². The molecule has 6 heteroatoms. The van der Waals surface area contributed by atoms with Crippen LogP contribution in [0.3, 0.4) is 0 Å². The second-order valence-corrected chi connectivity index (χ2v) is 5.50. The second kappa shape index (κ2) is 8.34. The number of para-hydroxylation sites is 1. The van der Waals surface area contributed by atoms with Gasteiger partial charge in [-0.3, -0.25) is 10.1 Å². The first-order valence-corrected chi connectivity index (χ1v) is 6.69. The first kappa shape index (κ1) is 19.9. The van der Waals surface area contributed by atoms with Gasteiger partial charge in [0.05, 0.1) is 24.8 Å². The zero-order valence-corrected chi connectivity index (χ0v) is 13.8. The second-order valence-electron chi connectivity index (χ2n) is 5.50. The lowest BCUT2D eigenvalue weighted by molar-refractivity contribution is -0.118. The molecule has 0 spiro atoms. The summed E-state index contributed by atoms with van der Waals surface area (Å²) in [5, 5.41) is 24.3. The topological polar surface area (TPSA) is 81.6 Å². The number of hydrogen-bond donors (Lipinski definition) is 4. The van der Waals surface area contributed by atoms with Crippen molar-refractivity contribution in [3.05, 3.63) is 29.3 Å². The molecule has 1 unspecified atom stereocenters. The van der Waals surface area contributed by atoms with Gasteiger partial charge < -0.3 is 15.5 Å². The Hall–Kier alpha value is -1.14. The Kier molecular flexibility index (Phi) is 7.89. The van der Waals surface area contributed by atoms with Crippen LogP contribution in [0, 0.1) is 13.8 Å². The van der Waals surface area contributed by atoms with Crippen molar-refractivity contribution in [3.63, 3.8) is 0 Å². The molecule has 0 aromatic heterocycles. The smallest absolute Gasteiger partial charge is 0.241 e. The molecular formula is C15H25ClN2O3. The Morgan fingerprint density at radius 3 is 2.14 bits per heavy atom. The van der Waals surface area contributed by atoms with Gasteiger partial charge in [0.1, 0.15) is 0 Å². The van der Waals surface area contributed by atoms with Crippen molar-refractivity contribution in [1.29, 1.82) is 0 Å². The van der Waals surface area contributed by atoms with E-state index < -0.39 is 11.6 Å². The third kappa shape index (κ3) is 5.28. The van der Waals surface area contributed by atoms with Crippen LogP contribution < -0.4 is 10.6 Å². The summed E-state index contributed by atoms with van der Waals surface area (Å²) in [5.74, 6) is -0.199. The van der Waals surface area contributed by atoms with Crippen LogP contribution in [0.1, 0.15) is 25.0 Å². The molecule has 0 aliphatic heterocycles. The van der Waals surface area contributed by atoms with Crippen LogP contribution in [-0.2, 0) is 4.79 Å². The molecule has 0 fully saturated rings. The van der Waals surface area contributed by atoms with Crippen molar-refractivity contribution in [3.8, 4) is 0 Å². The highest BCUT2D eigenvalue weighted by molar-refractivity contribution is 5.95. The number of hydrogen-bond acceptors (Lipinski definition) is 4. The van der Waals surface area contributed by atoms with Gasteiger partial charge in [0, 0.05) is 5.69 Å². The molecule has 0 bridgehead atoms. The Labute approximate surface area is 132 Å². The molecule has 120 valence electrons. The average molecular weight is 317 g/mol. The summed E-state index contributed by atoms with van der Waals surface area (Å²) in [5.41, 5.74) is 1.92. The quantitative estimate of drug-likeness (QED) is 0.639. The van der Waals surface area contributed by atoms with E-state index in [-0.39, 0.29) is 31.5 Å². The van der Waals surface area contributed by atoms with Gasteiger partial charge >= 0.3 is 0 Å². The highest BCUT2D eigenvalue weighted by Crippen LogP contribution is 2.19. The molecule has 0 saturated heterocycles. The largest absolute Gasteiger partial charge is 0.394 e. The van der Waals surface area contributed by atoms with Gasteiger partial charge in [0.15, 0.2) is 0 Å². The monoisotopic (exact) mass is 316 g/mol. The van der Waals surface area contributed by atoms with E-state index in [4.69, 9.17) is 0 Å². The van der Waals surface area contributed by atoms with E-state index in [0.29, 0.717) is 0 Å². The summed E-state index contributed by atoms with van der Waals surface area (Å²) < 4.78 is 0. The Balaban J connectivity index is 0.00000400. The zero-order valence-electron chi connectivity index (χ0n) is 12.9. The molecule has 4 N–H and O–H groups in total. The number of aryl methyl sites for hydroxylation is 2. The van der Waals surface area contributed by atoms with Crippen molar-refractivity contribution < 1.29 is 15.0 Å². The zero-order chi connectivity index (χ0) is 15.3. The maximum Gasteiger partial charge on any atom is 0.241 e. The molecule has 1 aromatic rings. The predicted octanol–water partition coefficient (Wildman–Crippen LogP) is 1.39. The number of benzene rings is 1. The molecule has 0 radical (unpaired) electrons. The number of halogens is 1. The maximum absolute atomic E-state index is 12.2. The Morgan fingerprint density at radius 1 is 1.24 bits per heavy atom. The average Bonchev–Trinajstić information content (AvgIpc) is 2.42. The Bertz CT molecular complexity index is 456. The van der Waals surface area contributed by atoms with E-state index >= 15 is 0 Å². The van der Waals surface area contributed by atoms with Gasteiger partial charge in [-0.2, -0.15) is 0 Å². The van der Waals surface area contributed by atoms with Gasteiger partial charge in [-0.25, -0.2) is 0 Å². The van der Waals surface area contributed by atoms with Crippen LogP contribution in [0.2, 0.25) is 0 Å². The Morgan fingerprint density at radius 2 is 1.71 bits per heavy atom. The van der Waals surface area contributed by atoms with Crippen LogP contribution in [0.25, 0.3) is 0 Å². The first-order chi connectivity index (χ1) is 9.33. The van der Waals surface area contributed by atoms with Crippen LogP contribution in [0.5, 0.6) is 0 Å². The number of carbonyl (C=O) groups is 1. The van der Waals surface area contributed by atoms with E-state index in [9.17, 15) is 15.0 Å². The standard InChI is InChI=1S/C15H24N2O3.ClH/c1-10-6-5-7-11(2)13(10)16-14(20)12(3)17-15(4,8-18)9-19;/h5-7,12,17-19H,8-9H2,1-4H3,(H,16,20);1H. The normalized spacial score (nSPS) is 12.5. The van der Waals surface area contributed by atoms with Gasteiger partial charge in [0.2, 0.25) is 5.91 Å². The number of aliphatic hydroxyl groups is 2. The molecule has 1 aromatic carbocycles. The minimum Gasteiger partial charge on any atom is -0.394 e. The molecule has 21 heavy (non-hydrogen) atoms. The molecule has 0 saturated carbocycles. The van der Waals surface area contributed by atoms with Gasteiger partial charge in [-0.05, 0) is 38.8 Å². The van der Waals surface area contributed by atoms with E-state index in [2.05, 4.69) is 10.6 Å². The first-order valence-electron chi connectivity index (χ1n) is 6.69. The fourth-order valence-electron chi connectivity index (χ4n) is 1.97. The van der Waals surface area contributed by atoms with Crippen molar-refractivity contribution in [1.82, 2.24) is 5.32 Å². The number of anilines is 1. The maximum atomic E-state index is 12.2. The van der Waals surface area contributed by atoms with Crippen LogP contribution in [0.15, 0.2) is 18.2 Å². The number of amides is 1. The number of carbonyl (C=O) groups excluding carboxylic acids is 1. The van der Waals surface area contributed by atoms with Crippen LogP contribution in [0.4, 0.5) is 5.69 Å². The fourth-order valence-corrected chi connectivity index (χ4v) is 1.97. The van der Waals surface area contributed by atoms with Crippen molar-refractivity contribution in [2.45, 2.75) is 39.3 Å². The molecule has 1 amide bonds. The number of nitrogens with one attached hydrogen (secondary N) is 2. The summed E-state index contributed by atoms with van der Waals surface area (Å²) in [6, 6.07) is 5.29. The molecule has 1 atom stereocenters. The molecular weight excluding hydrogens is 292 g/mol. The van der Waals surface area contributed by atoms with E-state index in [1.165, 1.54) is 0 Å². The summed E-state index contributed by atoms with van der Waals surface area (Å²) in [6.07, 6.45) is 0. The summed E-state index contributed by atoms with van der Waals surface area (Å²) in [4.78, 5) is 12.2. The summed E-state index contributed by atoms with van der Waals surface area (Å²) in [6.45, 7) is 6.75. The van der Waals surface area contributed by atoms with Gasteiger partial charge in [0.25, 0.3) is 0 Å².